The third-order valence-electron chi connectivity index (χ3n) is 7.24. The van der Waals surface area contributed by atoms with Crippen LogP contribution in [0.3, 0.4) is 0 Å². The van der Waals surface area contributed by atoms with Crippen LogP contribution in [0, 0.1) is 0 Å². The van der Waals surface area contributed by atoms with Crippen LogP contribution in [0.5, 0.6) is 5.75 Å². The second-order valence-corrected chi connectivity index (χ2v) is 8.98. The van der Waals surface area contributed by atoms with Gasteiger partial charge in [0.1, 0.15) is 5.75 Å². The van der Waals surface area contributed by atoms with Gasteiger partial charge in [-0.05, 0) is 81.7 Å². The standard InChI is InChI=1S/C27H37N3O/c1-6-10-24(22-12-9-8-11-20(22)3)30-17-15-27(16-18-30)26(7-2)29(4)25-14-13-21(31-5)19-23(25)28-27/h6-7,10,13-14,19,28H,3,8-9,11-12,15-18H2,1-2,4-5H3. The molecule has 1 aromatic rings. The van der Waals surface area contributed by atoms with Crippen molar-refractivity contribution in [1.82, 2.24) is 4.90 Å². The van der Waals surface area contributed by atoms with Crippen molar-refractivity contribution in [2.75, 3.05) is 37.5 Å². The van der Waals surface area contributed by atoms with E-state index in [4.69, 9.17) is 4.74 Å². The van der Waals surface area contributed by atoms with Gasteiger partial charge in [0.15, 0.2) is 0 Å². The summed E-state index contributed by atoms with van der Waals surface area (Å²) < 4.78 is 5.49. The molecule has 0 atom stereocenters. The second kappa shape index (κ2) is 8.86. The Morgan fingerprint density at radius 2 is 1.90 bits per heavy atom. The highest BCUT2D eigenvalue weighted by atomic mass is 16.5. The molecule has 1 aliphatic carbocycles. The van der Waals surface area contributed by atoms with Gasteiger partial charge in [0.25, 0.3) is 0 Å². The lowest BCUT2D eigenvalue weighted by Gasteiger charge is -2.51. The first-order valence-electron chi connectivity index (χ1n) is 11.7. The van der Waals surface area contributed by atoms with E-state index in [1.54, 1.807) is 7.11 Å². The SMILES string of the molecule is C=C1CCCCC1=C(C=CC)N1CCC2(CC1)Nc1cc(OC)ccc1N(C)C2=CC. The number of methoxy groups -OCH3 is 1. The summed E-state index contributed by atoms with van der Waals surface area (Å²) in [4.78, 5) is 4.95. The molecule has 31 heavy (non-hydrogen) atoms. The van der Waals surface area contributed by atoms with E-state index < -0.39 is 0 Å². The number of nitrogens with one attached hydrogen (secondary N) is 1. The number of likely N-dealkylation sites (tertiary alicyclic amines) is 1. The topological polar surface area (TPSA) is 27.7 Å². The molecular weight excluding hydrogens is 382 g/mol. The van der Waals surface area contributed by atoms with Crippen LogP contribution < -0.4 is 15.0 Å². The van der Waals surface area contributed by atoms with Gasteiger partial charge in [-0.2, -0.15) is 0 Å². The second-order valence-electron chi connectivity index (χ2n) is 8.98. The highest BCUT2D eigenvalue weighted by Crippen LogP contribution is 2.46. The zero-order valence-corrected chi connectivity index (χ0v) is 19.6. The molecule has 1 spiro atoms. The smallest absolute Gasteiger partial charge is 0.121 e. The maximum Gasteiger partial charge on any atom is 0.121 e. The first kappa shape index (κ1) is 21.6. The summed E-state index contributed by atoms with van der Waals surface area (Å²) in [5, 5.41) is 3.93. The van der Waals surface area contributed by atoms with Crippen molar-refractivity contribution in [3.63, 3.8) is 0 Å². The summed E-state index contributed by atoms with van der Waals surface area (Å²) in [6.45, 7) is 10.8. The molecule has 1 aromatic carbocycles. The van der Waals surface area contributed by atoms with E-state index in [2.05, 4.69) is 73.0 Å². The first-order valence-corrected chi connectivity index (χ1v) is 11.7. The Balaban J connectivity index is 1.62. The van der Waals surface area contributed by atoms with Gasteiger partial charge in [0.05, 0.1) is 24.0 Å². The van der Waals surface area contributed by atoms with Gasteiger partial charge < -0.3 is 19.9 Å². The molecule has 4 rings (SSSR count). The highest BCUT2D eigenvalue weighted by molar-refractivity contribution is 5.79. The molecule has 4 heteroatoms. The zero-order chi connectivity index (χ0) is 22.0. The average molecular weight is 420 g/mol. The van der Waals surface area contributed by atoms with Crippen molar-refractivity contribution >= 4 is 11.4 Å². The summed E-state index contributed by atoms with van der Waals surface area (Å²) in [6, 6.07) is 6.32. The number of likely N-dealkylation sites (N-methyl/N-ethyl adjacent to an activating group) is 1. The number of ether oxygens (including phenoxy) is 1. The fourth-order valence-electron chi connectivity index (χ4n) is 5.62. The van der Waals surface area contributed by atoms with E-state index in [-0.39, 0.29) is 5.54 Å². The normalized spacial score (nSPS) is 23.9. The number of hydrogen-bond acceptors (Lipinski definition) is 4. The van der Waals surface area contributed by atoms with Gasteiger partial charge in [-0.1, -0.05) is 18.7 Å². The maximum absolute atomic E-state index is 5.49. The summed E-state index contributed by atoms with van der Waals surface area (Å²) in [7, 11) is 3.92. The summed E-state index contributed by atoms with van der Waals surface area (Å²) in [5.74, 6) is 0.895. The van der Waals surface area contributed by atoms with Crippen molar-refractivity contribution in [2.24, 2.45) is 0 Å². The Hall–Kier alpha value is -2.62. The van der Waals surface area contributed by atoms with Crippen LogP contribution in [0.15, 0.2) is 65.5 Å². The summed E-state index contributed by atoms with van der Waals surface area (Å²) >= 11 is 0. The van der Waals surface area contributed by atoms with Gasteiger partial charge >= 0.3 is 0 Å². The van der Waals surface area contributed by atoms with Crippen LogP contribution in [0.4, 0.5) is 11.4 Å². The van der Waals surface area contributed by atoms with E-state index in [1.165, 1.54) is 41.1 Å². The fraction of sp³-hybridized carbons (Fsp3) is 0.481. The number of allylic oxidation sites excluding steroid dienone is 5. The highest BCUT2D eigenvalue weighted by Gasteiger charge is 2.43. The molecule has 0 radical (unpaired) electrons. The molecule has 2 aliphatic heterocycles. The molecule has 2 heterocycles. The average Bonchev–Trinajstić information content (AvgIpc) is 2.79. The first-order chi connectivity index (χ1) is 15.0. The predicted octanol–water partition coefficient (Wildman–Crippen LogP) is 6.26. The molecule has 1 saturated carbocycles. The molecule has 166 valence electrons. The van der Waals surface area contributed by atoms with Gasteiger partial charge in [0.2, 0.25) is 0 Å². The molecule has 0 aromatic heterocycles. The number of rotatable bonds is 3. The molecular formula is C27H37N3O. The minimum atomic E-state index is -0.0470. The van der Waals surface area contributed by atoms with E-state index in [0.717, 1.165) is 50.2 Å². The van der Waals surface area contributed by atoms with Crippen molar-refractivity contribution in [1.29, 1.82) is 0 Å². The van der Waals surface area contributed by atoms with Gasteiger partial charge in [-0.15, -0.1) is 0 Å². The zero-order valence-electron chi connectivity index (χ0n) is 19.6. The van der Waals surface area contributed by atoms with Gasteiger partial charge in [-0.25, -0.2) is 0 Å². The van der Waals surface area contributed by atoms with Crippen molar-refractivity contribution in [2.45, 2.75) is 57.9 Å². The lowest BCUT2D eigenvalue weighted by molar-refractivity contribution is 0.232. The predicted molar refractivity (Wildman–Crippen MR) is 132 cm³/mol. The fourth-order valence-corrected chi connectivity index (χ4v) is 5.62. The Bertz CT molecular complexity index is 932. The van der Waals surface area contributed by atoms with Crippen molar-refractivity contribution < 1.29 is 4.74 Å². The van der Waals surface area contributed by atoms with Gasteiger partial charge in [0, 0.05) is 37.6 Å². The Morgan fingerprint density at radius 1 is 1.16 bits per heavy atom. The largest absolute Gasteiger partial charge is 0.497 e. The monoisotopic (exact) mass is 419 g/mol. The molecule has 1 N–H and O–H groups in total. The van der Waals surface area contributed by atoms with Crippen LogP contribution in [0.2, 0.25) is 0 Å². The molecule has 0 amide bonds. The number of nitrogens with zero attached hydrogens (tertiary/aromatic N) is 2. The van der Waals surface area contributed by atoms with Gasteiger partial charge in [-0.3, -0.25) is 0 Å². The lowest BCUT2D eigenvalue weighted by atomic mass is 9.80. The number of piperidine rings is 1. The number of fused-ring (bicyclic) bond motifs is 1. The van der Waals surface area contributed by atoms with Crippen LogP contribution in [0.1, 0.15) is 52.4 Å². The summed E-state index contributed by atoms with van der Waals surface area (Å²) in [5.41, 5.74) is 7.91. The molecule has 2 fully saturated rings. The Kier molecular flexibility index (Phi) is 6.17. The van der Waals surface area contributed by atoms with E-state index >= 15 is 0 Å². The Labute approximate surface area is 188 Å². The third kappa shape index (κ3) is 3.88. The molecule has 0 unspecified atom stereocenters. The molecule has 3 aliphatic rings. The third-order valence-corrected chi connectivity index (χ3v) is 7.24. The Morgan fingerprint density at radius 3 is 2.55 bits per heavy atom. The number of benzene rings is 1. The quantitative estimate of drug-likeness (QED) is 0.626. The van der Waals surface area contributed by atoms with Crippen molar-refractivity contribution in [3.05, 3.63) is 65.5 Å². The number of hydrogen-bond donors (Lipinski definition) is 1. The van der Waals surface area contributed by atoms with E-state index in [0.29, 0.717) is 0 Å². The molecule has 1 saturated heterocycles. The molecule has 4 nitrogen and oxygen atoms in total. The van der Waals surface area contributed by atoms with Crippen LogP contribution in [-0.2, 0) is 0 Å². The lowest BCUT2D eigenvalue weighted by Crippen LogP contribution is -2.55. The van der Waals surface area contributed by atoms with Crippen LogP contribution >= 0.6 is 0 Å². The minimum absolute atomic E-state index is 0.0470. The van der Waals surface area contributed by atoms with E-state index in [9.17, 15) is 0 Å². The van der Waals surface area contributed by atoms with Crippen LogP contribution in [0.25, 0.3) is 0 Å². The van der Waals surface area contributed by atoms with E-state index in [1.807, 2.05) is 6.07 Å². The van der Waals surface area contributed by atoms with Crippen LogP contribution in [-0.4, -0.2) is 37.7 Å². The molecule has 0 bridgehead atoms. The number of anilines is 2. The van der Waals surface area contributed by atoms with Crippen molar-refractivity contribution in [3.8, 4) is 5.75 Å². The summed E-state index contributed by atoms with van der Waals surface area (Å²) in [6.07, 6.45) is 13.8. The maximum atomic E-state index is 5.49. The minimum Gasteiger partial charge on any atom is -0.497 e.